The Labute approximate surface area is 116 Å². The van der Waals surface area contributed by atoms with Crippen molar-refractivity contribution in [3.8, 4) is 0 Å². The molecule has 19 heavy (non-hydrogen) atoms. The highest BCUT2D eigenvalue weighted by atomic mass is 32.1. The van der Waals surface area contributed by atoms with Crippen molar-refractivity contribution in [2.45, 2.75) is 37.6 Å². The summed E-state index contributed by atoms with van der Waals surface area (Å²) in [5.41, 5.74) is 0.747. The van der Waals surface area contributed by atoms with Crippen molar-refractivity contribution >= 4 is 23.2 Å². The van der Waals surface area contributed by atoms with E-state index in [-0.39, 0.29) is 17.4 Å². The maximum atomic E-state index is 12.3. The number of carbonyl (C=O) groups excluding carboxylic acids is 2. The molecule has 1 atom stereocenters. The fraction of sp³-hybridized carbons (Fsp3) is 0.571. The molecule has 1 aromatic heterocycles. The van der Waals surface area contributed by atoms with Crippen LogP contribution in [-0.4, -0.2) is 35.3 Å². The molecule has 1 aromatic rings. The number of nitrogens with one attached hydrogen (secondary N) is 1. The molecule has 2 saturated heterocycles. The summed E-state index contributed by atoms with van der Waals surface area (Å²) < 4.78 is 0. The van der Waals surface area contributed by atoms with Crippen LogP contribution in [0.5, 0.6) is 0 Å². The minimum Gasteiger partial charge on any atom is -0.351 e. The van der Waals surface area contributed by atoms with Crippen LogP contribution in [0, 0.1) is 0 Å². The Morgan fingerprint density at radius 2 is 2.21 bits per heavy atom. The first-order valence-electron chi connectivity index (χ1n) is 6.81. The van der Waals surface area contributed by atoms with E-state index in [4.69, 9.17) is 0 Å². The summed E-state index contributed by atoms with van der Waals surface area (Å²) in [6, 6.07) is 1.88. The van der Waals surface area contributed by atoms with Crippen LogP contribution in [0.4, 0.5) is 0 Å². The highest BCUT2D eigenvalue weighted by Crippen LogP contribution is 2.31. The van der Waals surface area contributed by atoms with E-state index in [0.29, 0.717) is 6.42 Å². The smallest absolute Gasteiger partial charge is 0.254 e. The quantitative estimate of drug-likeness (QED) is 0.854. The zero-order chi connectivity index (χ0) is 13.3. The third-order valence-corrected chi connectivity index (χ3v) is 4.92. The number of carbonyl (C=O) groups is 2. The van der Waals surface area contributed by atoms with Gasteiger partial charge in [0.1, 0.15) is 0 Å². The largest absolute Gasteiger partial charge is 0.351 e. The van der Waals surface area contributed by atoms with E-state index in [1.165, 1.54) is 0 Å². The molecule has 0 aromatic carbocycles. The van der Waals surface area contributed by atoms with Gasteiger partial charge in [-0.1, -0.05) is 0 Å². The molecule has 5 heteroatoms. The summed E-state index contributed by atoms with van der Waals surface area (Å²) in [5, 5.41) is 6.97. The van der Waals surface area contributed by atoms with Crippen molar-refractivity contribution < 1.29 is 9.59 Å². The lowest BCUT2D eigenvalue weighted by molar-refractivity contribution is -0.119. The van der Waals surface area contributed by atoms with Crippen LogP contribution in [0.3, 0.4) is 0 Å². The minimum absolute atomic E-state index is 0.0409. The van der Waals surface area contributed by atoms with Gasteiger partial charge < -0.3 is 10.2 Å². The molecule has 0 unspecified atom stereocenters. The number of hydrogen-bond donors (Lipinski definition) is 1. The summed E-state index contributed by atoms with van der Waals surface area (Å²) in [5.74, 6) is 0.292. The fourth-order valence-corrected chi connectivity index (χ4v) is 3.74. The van der Waals surface area contributed by atoms with E-state index in [2.05, 4.69) is 5.32 Å². The molecule has 0 radical (unpaired) electrons. The van der Waals surface area contributed by atoms with Gasteiger partial charge in [-0.15, -0.1) is 0 Å². The molecular formula is C14H18N2O2S. The predicted molar refractivity (Wildman–Crippen MR) is 74.2 cm³/mol. The van der Waals surface area contributed by atoms with E-state index in [1.54, 1.807) is 11.3 Å². The molecule has 102 valence electrons. The van der Waals surface area contributed by atoms with Gasteiger partial charge in [0, 0.05) is 30.4 Å². The molecule has 2 fully saturated rings. The zero-order valence-corrected chi connectivity index (χ0v) is 11.7. The number of thiophene rings is 1. The van der Waals surface area contributed by atoms with Crippen molar-refractivity contribution in [2.24, 2.45) is 0 Å². The van der Waals surface area contributed by atoms with Crippen molar-refractivity contribution in [1.82, 2.24) is 10.2 Å². The summed E-state index contributed by atoms with van der Waals surface area (Å²) >= 11 is 1.55. The normalized spacial score (nSPS) is 27.4. The lowest BCUT2D eigenvalue weighted by atomic mass is 9.89. The highest BCUT2D eigenvalue weighted by molar-refractivity contribution is 7.08. The molecular weight excluding hydrogens is 260 g/mol. The van der Waals surface area contributed by atoms with E-state index < -0.39 is 0 Å². The second-order valence-corrected chi connectivity index (χ2v) is 6.27. The Bertz CT molecular complexity index is 486. The van der Waals surface area contributed by atoms with E-state index in [1.807, 2.05) is 21.7 Å². The number of nitrogens with zero attached hydrogens (tertiary/aromatic N) is 1. The highest BCUT2D eigenvalue weighted by Gasteiger charge is 2.39. The Morgan fingerprint density at radius 3 is 2.89 bits per heavy atom. The summed E-state index contributed by atoms with van der Waals surface area (Å²) in [6.07, 6.45) is 4.40. The van der Waals surface area contributed by atoms with Crippen molar-refractivity contribution in [3.63, 3.8) is 0 Å². The molecule has 3 heterocycles. The number of amides is 2. The number of rotatable bonds is 1. The second kappa shape index (κ2) is 4.96. The Hall–Kier alpha value is -1.36. The third kappa shape index (κ3) is 2.52. The van der Waals surface area contributed by atoms with Gasteiger partial charge >= 0.3 is 0 Å². The van der Waals surface area contributed by atoms with Gasteiger partial charge in [-0.2, -0.15) is 11.3 Å². The second-order valence-electron chi connectivity index (χ2n) is 5.49. The Morgan fingerprint density at radius 1 is 1.32 bits per heavy atom. The van der Waals surface area contributed by atoms with Crippen molar-refractivity contribution in [3.05, 3.63) is 22.4 Å². The van der Waals surface area contributed by atoms with Gasteiger partial charge in [-0.3, -0.25) is 9.59 Å². The van der Waals surface area contributed by atoms with Gasteiger partial charge in [-0.25, -0.2) is 0 Å². The van der Waals surface area contributed by atoms with Crippen LogP contribution >= 0.6 is 11.3 Å². The maximum Gasteiger partial charge on any atom is 0.254 e. The van der Waals surface area contributed by atoms with Crippen LogP contribution in [0.15, 0.2) is 16.8 Å². The number of hydrogen-bond acceptors (Lipinski definition) is 3. The predicted octanol–water partition coefficient (Wildman–Crippen LogP) is 2.02. The molecule has 0 saturated carbocycles. The first kappa shape index (κ1) is 12.7. The molecule has 2 aliphatic heterocycles. The molecule has 2 aliphatic rings. The van der Waals surface area contributed by atoms with Gasteiger partial charge in [0.25, 0.3) is 5.91 Å². The van der Waals surface area contributed by atoms with Gasteiger partial charge in [0.2, 0.25) is 5.91 Å². The zero-order valence-electron chi connectivity index (χ0n) is 10.9. The van der Waals surface area contributed by atoms with Crippen molar-refractivity contribution in [1.29, 1.82) is 0 Å². The molecule has 0 bridgehead atoms. The average Bonchev–Trinajstić information content (AvgIpc) is 2.98. The monoisotopic (exact) mass is 278 g/mol. The number of likely N-dealkylation sites (tertiary alicyclic amines) is 1. The Kier molecular flexibility index (Phi) is 3.31. The minimum atomic E-state index is -0.0409. The van der Waals surface area contributed by atoms with Crippen LogP contribution in [0.1, 0.15) is 42.5 Å². The van der Waals surface area contributed by atoms with Gasteiger partial charge in [-0.05, 0) is 37.1 Å². The van der Waals surface area contributed by atoms with Gasteiger partial charge in [0.15, 0.2) is 0 Å². The van der Waals surface area contributed by atoms with Crippen LogP contribution in [0.25, 0.3) is 0 Å². The molecule has 4 nitrogen and oxygen atoms in total. The van der Waals surface area contributed by atoms with E-state index in [0.717, 1.165) is 44.3 Å². The average molecular weight is 278 g/mol. The topological polar surface area (TPSA) is 49.4 Å². The molecule has 2 amide bonds. The standard InChI is InChI=1S/C14H18N2O2S/c17-12-2-5-14(15-12)4-1-7-16(8-6-14)13(18)11-3-9-19-10-11/h3,9-10H,1-2,4-8H2,(H,15,17)/t14-/m0/s1. The summed E-state index contributed by atoms with van der Waals surface area (Å²) in [6.45, 7) is 1.54. The third-order valence-electron chi connectivity index (χ3n) is 4.23. The van der Waals surface area contributed by atoms with E-state index in [9.17, 15) is 9.59 Å². The van der Waals surface area contributed by atoms with Crippen LogP contribution in [0.2, 0.25) is 0 Å². The Balaban J connectivity index is 1.68. The SMILES string of the molecule is O=C1CC[C@]2(CCCN(C(=O)c3ccsc3)CC2)N1. The molecule has 1 N–H and O–H groups in total. The fourth-order valence-electron chi connectivity index (χ4n) is 3.11. The maximum absolute atomic E-state index is 12.3. The molecule has 3 rings (SSSR count). The summed E-state index contributed by atoms with van der Waals surface area (Å²) in [7, 11) is 0. The first-order valence-corrected chi connectivity index (χ1v) is 7.75. The van der Waals surface area contributed by atoms with Gasteiger partial charge in [0.05, 0.1) is 5.56 Å². The van der Waals surface area contributed by atoms with Crippen LogP contribution in [-0.2, 0) is 4.79 Å². The molecule has 0 aliphatic carbocycles. The van der Waals surface area contributed by atoms with Crippen LogP contribution < -0.4 is 5.32 Å². The van der Waals surface area contributed by atoms with E-state index >= 15 is 0 Å². The summed E-state index contributed by atoms with van der Waals surface area (Å²) in [4.78, 5) is 25.7. The first-order chi connectivity index (χ1) is 9.19. The molecule has 1 spiro atoms. The lowest BCUT2D eigenvalue weighted by Crippen LogP contribution is -2.42. The van der Waals surface area contributed by atoms with Crippen molar-refractivity contribution in [2.75, 3.05) is 13.1 Å². The lowest BCUT2D eigenvalue weighted by Gasteiger charge is -2.27.